The van der Waals surface area contributed by atoms with Crippen molar-refractivity contribution in [2.24, 2.45) is 0 Å². The minimum absolute atomic E-state index is 0.150. The van der Waals surface area contributed by atoms with Gasteiger partial charge in [0.25, 0.3) is 0 Å². The Balaban J connectivity index is 1.60. The molecule has 0 radical (unpaired) electrons. The second-order valence-electron chi connectivity index (χ2n) is 7.16. The number of carbonyl (C=O) groups excluding carboxylic acids is 1. The summed E-state index contributed by atoms with van der Waals surface area (Å²) in [6.45, 7) is 8.91. The zero-order valence-electron chi connectivity index (χ0n) is 17.5. The van der Waals surface area contributed by atoms with Gasteiger partial charge >= 0.3 is 0 Å². The Hall–Kier alpha value is -2.77. The predicted molar refractivity (Wildman–Crippen MR) is 126 cm³/mol. The predicted octanol–water partition coefficient (Wildman–Crippen LogP) is 5.55. The van der Waals surface area contributed by atoms with E-state index in [1.807, 2.05) is 16.7 Å². The number of nitrogens with zero attached hydrogens (tertiary/aromatic N) is 3. The third-order valence-electron chi connectivity index (χ3n) is 4.46. The molecule has 0 aliphatic carbocycles. The summed E-state index contributed by atoms with van der Waals surface area (Å²) >= 11 is 7.26. The van der Waals surface area contributed by atoms with Crippen molar-refractivity contribution in [2.75, 3.05) is 11.1 Å². The van der Waals surface area contributed by atoms with Crippen molar-refractivity contribution in [3.63, 3.8) is 0 Å². The molecule has 0 spiro atoms. The average molecular weight is 457 g/mol. The van der Waals surface area contributed by atoms with Crippen molar-refractivity contribution < 1.29 is 9.53 Å². The third-order valence-corrected chi connectivity index (χ3v) is 5.66. The number of anilines is 1. The molecule has 0 aliphatic heterocycles. The molecule has 2 aromatic carbocycles. The summed E-state index contributed by atoms with van der Waals surface area (Å²) in [4.78, 5) is 12.3. The highest BCUT2D eigenvalue weighted by Crippen LogP contribution is 2.22. The number of rotatable bonds is 10. The fourth-order valence-corrected chi connectivity index (χ4v) is 3.79. The average Bonchev–Trinajstić information content (AvgIpc) is 3.13. The van der Waals surface area contributed by atoms with E-state index in [0.717, 1.165) is 5.75 Å². The number of halogens is 1. The number of aromatic nitrogens is 3. The lowest BCUT2D eigenvalue weighted by molar-refractivity contribution is -0.113. The highest BCUT2D eigenvalue weighted by molar-refractivity contribution is 7.99. The van der Waals surface area contributed by atoms with E-state index < -0.39 is 0 Å². The molecule has 8 heteroatoms. The van der Waals surface area contributed by atoms with Crippen LogP contribution in [0.3, 0.4) is 0 Å². The van der Waals surface area contributed by atoms with Crippen LogP contribution in [-0.2, 0) is 17.9 Å². The van der Waals surface area contributed by atoms with Gasteiger partial charge in [-0.1, -0.05) is 61.5 Å². The lowest BCUT2D eigenvalue weighted by Gasteiger charge is -2.10. The smallest absolute Gasteiger partial charge is 0.234 e. The molecule has 0 saturated heterocycles. The van der Waals surface area contributed by atoms with Crippen LogP contribution >= 0.6 is 23.4 Å². The second-order valence-corrected chi connectivity index (χ2v) is 8.54. The van der Waals surface area contributed by atoms with E-state index in [2.05, 4.69) is 48.1 Å². The van der Waals surface area contributed by atoms with Crippen LogP contribution in [0.25, 0.3) is 0 Å². The summed E-state index contributed by atoms with van der Waals surface area (Å²) < 4.78 is 7.78. The van der Waals surface area contributed by atoms with Gasteiger partial charge in [-0.15, -0.1) is 16.8 Å². The summed E-state index contributed by atoms with van der Waals surface area (Å²) in [6.07, 6.45) is 1.76. The zero-order chi connectivity index (χ0) is 22.2. The van der Waals surface area contributed by atoms with Crippen LogP contribution in [-0.4, -0.2) is 26.4 Å². The Kier molecular flexibility index (Phi) is 8.14. The van der Waals surface area contributed by atoms with Crippen LogP contribution in [0.1, 0.15) is 31.2 Å². The molecule has 0 fully saturated rings. The third kappa shape index (κ3) is 6.60. The maximum atomic E-state index is 12.3. The van der Waals surface area contributed by atoms with E-state index in [1.165, 1.54) is 17.3 Å². The number of hydrogen-bond donors (Lipinski definition) is 1. The molecule has 1 aromatic heterocycles. The van der Waals surface area contributed by atoms with Crippen LogP contribution < -0.4 is 10.1 Å². The Morgan fingerprint density at radius 2 is 2.03 bits per heavy atom. The van der Waals surface area contributed by atoms with Gasteiger partial charge in [0.1, 0.15) is 12.4 Å². The number of allylic oxidation sites excluding steroid dienone is 1. The molecule has 3 rings (SSSR count). The summed E-state index contributed by atoms with van der Waals surface area (Å²) in [5, 5.41) is 12.5. The van der Waals surface area contributed by atoms with E-state index in [1.54, 1.807) is 30.3 Å². The Bertz CT molecular complexity index is 1030. The van der Waals surface area contributed by atoms with E-state index in [9.17, 15) is 4.79 Å². The first kappa shape index (κ1) is 22.9. The Morgan fingerprint density at radius 1 is 1.26 bits per heavy atom. The number of amides is 1. The van der Waals surface area contributed by atoms with Gasteiger partial charge in [0, 0.05) is 17.3 Å². The lowest BCUT2D eigenvalue weighted by Crippen LogP contribution is -2.15. The van der Waals surface area contributed by atoms with Crippen molar-refractivity contribution >= 4 is 35.0 Å². The SMILES string of the molecule is C=CCn1c(COc2ccc(C(C)C)cc2)nnc1SCC(=O)Nc1cccc(Cl)c1. The first-order valence-corrected chi connectivity index (χ1v) is 11.3. The summed E-state index contributed by atoms with van der Waals surface area (Å²) in [5.74, 6) is 1.96. The maximum Gasteiger partial charge on any atom is 0.234 e. The number of carbonyl (C=O) groups is 1. The highest BCUT2D eigenvalue weighted by Gasteiger charge is 2.14. The van der Waals surface area contributed by atoms with E-state index >= 15 is 0 Å². The number of ether oxygens (including phenoxy) is 1. The molecule has 3 aromatic rings. The topological polar surface area (TPSA) is 69.0 Å². The molecule has 0 bridgehead atoms. The molecule has 0 unspecified atom stereocenters. The van der Waals surface area contributed by atoms with Crippen molar-refractivity contribution in [3.8, 4) is 5.75 Å². The molecule has 0 atom stereocenters. The quantitative estimate of drug-likeness (QED) is 0.320. The normalized spacial score (nSPS) is 10.8. The van der Waals surface area contributed by atoms with Crippen molar-refractivity contribution in [3.05, 3.63) is 77.6 Å². The number of benzene rings is 2. The first-order valence-electron chi connectivity index (χ1n) is 9.90. The van der Waals surface area contributed by atoms with Crippen LogP contribution in [0.2, 0.25) is 5.02 Å². The largest absolute Gasteiger partial charge is 0.486 e. The summed E-state index contributed by atoms with van der Waals surface area (Å²) in [7, 11) is 0. The maximum absolute atomic E-state index is 12.3. The minimum atomic E-state index is -0.150. The van der Waals surface area contributed by atoms with Crippen LogP contribution in [0.4, 0.5) is 5.69 Å². The first-order chi connectivity index (χ1) is 15.0. The molecular formula is C23H25ClN4O2S. The van der Waals surface area contributed by atoms with E-state index in [4.69, 9.17) is 16.3 Å². The molecule has 0 aliphatic rings. The molecule has 31 heavy (non-hydrogen) atoms. The number of thioether (sulfide) groups is 1. The van der Waals surface area contributed by atoms with Gasteiger partial charge in [0.15, 0.2) is 11.0 Å². The van der Waals surface area contributed by atoms with E-state index in [-0.39, 0.29) is 18.3 Å². The van der Waals surface area contributed by atoms with Gasteiger partial charge < -0.3 is 10.1 Å². The summed E-state index contributed by atoms with van der Waals surface area (Å²) in [5.41, 5.74) is 1.92. The minimum Gasteiger partial charge on any atom is -0.486 e. The fraction of sp³-hybridized carbons (Fsp3) is 0.261. The molecule has 6 nitrogen and oxygen atoms in total. The van der Waals surface area contributed by atoms with Crippen LogP contribution in [0.15, 0.2) is 66.3 Å². The Morgan fingerprint density at radius 3 is 2.71 bits per heavy atom. The number of nitrogens with one attached hydrogen (secondary N) is 1. The van der Waals surface area contributed by atoms with Gasteiger partial charge in [0.05, 0.1) is 5.75 Å². The number of hydrogen-bond acceptors (Lipinski definition) is 5. The summed E-state index contributed by atoms with van der Waals surface area (Å²) in [6, 6.07) is 15.1. The van der Waals surface area contributed by atoms with Crippen LogP contribution in [0, 0.1) is 0 Å². The highest BCUT2D eigenvalue weighted by atomic mass is 35.5. The lowest BCUT2D eigenvalue weighted by atomic mass is 10.0. The van der Waals surface area contributed by atoms with E-state index in [0.29, 0.717) is 34.2 Å². The second kappa shape index (κ2) is 11.0. The van der Waals surface area contributed by atoms with Crippen LogP contribution in [0.5, 0.6) is 5.75 Å². The zero-order valence-corrected chi connectivity index (χ0v) is 19.1. The molecule has 1 N–H and O–H groups in total. The van der Waals surface area contributed by atoms with Gasteiger partial charge in [-0.05, 0) is 41.8 Å². The monoisotopic (exact) mass is 456 g/mol. The molecular weight excluding hydrogens is 432 g/mol. The fourth-order valence-electron chi connectivity index (χ4n) is 2.84. The molecule has 162 valence electrons. The van der Waals surface area contributed by atoms with Crippen molar-refractivity contribution in [2.45, 2.75) is 38.1 Å². The van der Waals surface area contributed by atoms with Crippen molar-refractivity contribution in [1.29, 1.82) is 0 Å². The molecule has 1 heterocycles. The van der Waals surface area contributed by atoms with Gasteiger partial charge in [-0.25, -0.2) is 0 Å². The Labute approximate surface area is 191 Å². The molecule has 0 saturated carbocycles. The van der Waals surface area contributed by atoms with Crippen molar-refractivity contribution in [1.82, 2.24) is 14.8 Å². The van der Waals surface area contributed by atoms with Gasteiger partial charge in [0.2, 0.25) is 5.91 Å². The van der Waals surface area contributed by atoms with Gasteiger partial charge in [-0.2, -0.15) is 0 Å². The van der Waals surface area contributed by atoms with Gasteiger partial charge in [-0.3, -0.25) is 9.36 Å². The molecule has 1 amide bonds. The standard InChI is InChI=1S/C23H25ClN4O2S/c1-4-12-28-21(14-30-20-10-8-17(9-11-20)16(2)3)26-27-23(28)31-15-22(29)25-19-7-5-6-18(24)13-19/h4-11,13,16H,1,12,14-15H2,2-3H3,(H,25,29).